The molecule has 0 bridgehead atoms. The van der Waals surface area contributed by atoms with Gasteiger partial charge in [-0.05, 0) is 17.0 Å². The molecule has 1 aromatic heterocycles. The third-order valence-electron chi connectivity index (χ3n) is 4.19. The average Bonchev–Trinajstić information content (AvgIpc) is 3.21. The molecule has 8 heteroatoms. The molecule has 1 aliphatic heterocycles. The van der Waals surface area contributed by atoms with E-state index >= 15 is 0 Å². The number of aliphatic carboxylic acids is 1. The number of carbonyl (C=O) groups is 2. The fourth-order valence-electron chi connectivity index (χ4n) is 3.04. The molecule has 1 fully saturated rings. The molecule has 1 N–H and O–H groups in total. The molecular formula is C17H15F2NO4S. The fraction of sp³-hybridized carbons (Fsp3) is 0.294. The normalized spacial score (nSPS) is 20.0. The molecule has 3 rings (SSSR count). The van der Waals surface area contributed by atoms with Crippen molar-refractivity contribution in [2.45, 2.75) is 12.5 Å². The number of ether oxygens (including phenoxy) is 1. The van der Waals surface area contributed by atoms with Crippen LogP contribution < -0.4 is 4.74 Å². The number of thiophene rings is 1. The molecular weight excluding hydrogens is 352 g/mol. The van der Waals surface area contributed by atoms with E-state index in [9.17, 15) is 23.5 Å². The number of rotatable bonds is 5. The van der Waals surface area contributed by atoms with Gasteiger partial charge in [0.2, 0.25) is 0 Å². The number of benzene rings is 1. The Kier molecular flexibility index (Phi) is 4.98. The van der Waals surface area contributed by atoms with Crippen LogP contribution in [0.15, 0.2) is 41.8 Å². The minimum Gasteiger partial charge on any atom is -0.481 e. The molecule has 0 aliphatic carbocycles. The first-order valence-corrected chi connectivity index (χ1v) is 8.44. The fourth-order valence-corrected chi connectivity index (χ4v) is 3.83. The summed E-state index contributed by atoms with van der Waals surface area (Å²) in [5.74, 6) is -2.75. The standard InChI is InChI=1S/C17H15F2NO4S/c18-17(19)24-13-6-7-25-14(13)15(21)20-8-11(12(9-20)16(22)23)10-4-2-1-3-5-10/h1-7,11-12,17H,8-9H2,(H,22,23)/t11-,12-/m1/s1. The lowest BCUT2D eigenvalue weighted by Gasteiger charge is -2.16. The first-order valence-electron chi connectivity index (χ1n) is 7.56. The van der Waals surface area contributed by atoms with Crippen molar-refractivity contribution < 1.29 is 28.2 Å². The van der Waals surface area contributed by atoms with Gasteiger partial charge in [0.15, 0.2) is 0 Å². The monoisotopic (exact) mass is 367 g/mol. The minimum atomic E-state index is -3.02. The van der Waals surface area contributed by atoms with Crippen molar-refractivity contribution in [3.8, 4) is 5.75 Å². The number of carbonyl (C=O) groups excluding carboxylic acids is 1. The molecule has 2 atom stereocenters. The van der Waals surface area contributed by atoms with Gasteiger partial charge in [-0.3, -0.25) is 9.59 Å². The van der Waals surface area contributed by atoms with E-state index in [1.54, 1.807) is 0 Å². The highest BCUT2D eigenvalue weighted by atomic mass is 32.1. The quantitative estimate of drug-likeness (QED) is 0.881. The molecule has 2 aromatic rings. The molecule has 1 aliphatic rings. The van der Waals surface area contributed by atoms with E-state index in [2.05, 4.69) is 4.74 Å². The van der Waals surface area contributed by atoms with Crippen LogP contribution in [0.4, 0.5) is 8.78 Å². The molecule has 1 amide bonds. The van der Waals surface area contributed by atoms with Crippen LogP contribution in [0.3, 0.4) is 0 Å². The number of nitrogens with zero attached hydrogens (tertiary/aromatic N) is 1. The maximum absolute atomic E-state index is 12.7. The van der Waals surface area contributed by atoms with Gasteiger partial charge in [0.25, 0.3) is 5.91 Å². The van der Waals surface area contributed by atoms with Crippen LogP contribution in [-0.2, 0) is 4.79 Å². The van der Waals surface area contributed by atoms with Crippen LogP contribution in [0.1, 0.15) is 21.2 Å². The van der Waals surface area contributed by atoms with Gasteiger partial charge in [-0.25, -0.2) is 0 Å². The summed E-state index contributed by atoms with van der Waals surface area (Å²) < 4.78 is 29.3. The second-order valence-electron chi connectivity index (χ2n) is 5.66. The van der Waals surface area contributed by atoms with Crippen molar-refractivity contribution in [2.75, 3.05) is 13.1 Å². The Hall–Kier alpha value is -2.48. The number of hydrogen-bond donors (Lipinski definition) is 1. The van der Waals surface area contributed by atoms with Crippen molar-refractivity contribution in [2.24, 2.45) is 5.92 Å². The number of carboxylic acid groups (broad SMARTS) is 1. The molecule has 2 heterocycles. The molecule has 0 spiro atoms. The van der Waals surface area contributed by atoms with Crippen molar-refractivity contribution >= 4 is 23.2 Å². The zero-order valence-corrected chi connectivity index (χ0v) is 13.8. The van der Waals surface area contributed by atoms with E-state index in [0.717, 1.165) is 16.9 Å². The van der Waals surface area contributed by atoms with E-state index in [1.165, 1.54) is 16.3 Å². The number of halogens is 2. The van der Waals surface area contributed by atoms with E-state index in [-0.39, 0.29) is 29.6 Å². The molecule has 132 valence electrons. The van der Waals surface area contributed by atoms with Crippen LogP contribution >= 0.6 is 11.3 Å². The number of hydrogen-bond acceptors (Lipinski definition) is 4. The predicted molar refractivity (Wildman–Crippen MR) is 87.2 cm³/mol. The Morgan fingerprint density at radius 1 is 1.20 bits per heavy atom. The minimum absolute atomic E-state index is 0.0275. The van der Waals surface area contributed by atoms with Crippen LogP contribution in [0.25, 0.3) is 0 Å². The average molecular weight is 367 g/mol. The van der Waals surface area contributed by atoms with Gasteiger partial charge >= 0.3 is 12.6 Å². The van der Waals surface area contributed by atoms with Crippen LogP contribution in [0, 0.1) is 5.92 Å². The van der Waals surface area contributed by atoms with Crippen molar-refractivity contribution in [1.82, 2.24) is 4.90 Å². The van der Waals surface area contributed by atoms with E-state index in [1.807, 2.05) is 30.3 Å². The Morgan fingerprint density at radius 2 is 1.92 bits per heavy atom. The summed E-state index contributed by atoms with van der Waals surface area (Å²) in [6.07, 6.45) is 0. The Labute approximate surface area is 146 Å². The lowest BCUT2D eigenvalue weighted by molar-refractivity contribution is -0.141. The van der Waals surface area contributed by atoms with Crippen molar-refractivity contribution in [1.29, 1.82) is 0 Å². The molecule has 5 nitrogen and oxygen atoms in total. The van der Waals surface area contributed by atoms with Gasteiger partial charge in [-0.1, -0.05) is 30.3 Å². The summed E-state index contributed by atoms with van der Waals surface area (Å²) in [6.45, 7) is -2.78. The van der Waals surface area contributed by atoms with Crippen LogP contribution in [-0.4, -0.2) is 41.6 Å². The lowest BCUT2D eigenvalue weighted by Crippen LogP contribution is -2.29. The van der Waals surface area contributed by atoms with Gasteiger partial charge in [0, 0.05) is 19.0 Å². The topological polar surface area (TPSA) is 66.8 Å². The number of alkyl halides is 2. The third-order valence-corrected chi connectivity index (χ3v) is 5.08. The number of amides is 1. The Morgan fingerprint density at radius 3 is 2.56 bits per heavy atom. The van der Waals surface area contributed by atoms with Gasteiger partial charge in [0.05, 0.1) is 5.92 Å². The van der Waals surface area contributed by atoms with Gasteiger partial charge in [0.1, 0.15) is 10.6 Å². The van der Waals surface area contributed by atoms with Crippen molar-refractivity contribution in [3.63, 3.8) is 0 Å². The molecule has 1 aromatic carbocycles. The van der Waals surface area contributed by atoms with Crippen LogP contribution in [0.2, 0.25) is 0 Å². The summed E-state index contributed by atoms with van der Waals surface area (Å²) in [5.41, 5.74) is 0.834. The number of likely N-dealkylation sites (tertiary alicyclic amines) is 1. The Bertz CT molecular complexity index is 765. The van der Waals surface area contributed by atoms with E-state index < -0.39 is 24.4 Å². The molecule has 0 radical (unpaired) electrons. The molecule has 25 heavy (non-hydrogen) atoms. The lowest BCUT2D eigenvalue weighted by atomic mass is 9.89. The van der Waals surface area contributed by atoms with Crippen LogP contribution in [0.5, 0.6) is 5.75 Å². The maximum atomic E-state index is 12.7. The Balaban J connectivity index is 1.83. The maximum Gasteiger partial charge on any atom is 0.387 e. The summed E-state index contributed by atoms with van der Waals surface area (Å²) in [5, 5.41) is 11.0. The van der Waals surface area contributed by atoms with E-state index in [0.29, 0.717) is 0 Å². The summed E-state index contributed by atoms with van der Waals surface area (Å²) in [7, 11) is 0. The van der Waals surface area contributed by atoms with Crippen molar-refractivity contribution in [3.05, 3.63) is 52.2 Å². The summed E-state index contributed by atoms with van der Waals surface area (Å²) in [4.78, 5) is 25.7. The predicted octanol–water partition coefficient (Wildman–Crippen LogP) is 3.29. The molecule has 0 unspecified atom stereocenters. The third kappa shape index (κ3) is 3.63. The first-order chi connectivity index (χ1) is 12.0. The zero-order valence-electron chi connectivity index (χ0n) is 13.0. The highest BCUT2D eigenvalue weighted by molar-refractivity contribution is 7.12. The summed E-state index contributed by atoms with van der Waals surface area (Å²) >= 11 is 0.996. The smallest absolute Gasteiger partial charge is 0.387 e. The largest absolute Gasteiger partial charge is 0.481 e. The molecule has 0 saturated carbocycles. The van der Waals surface area contributed by atoms with Gasteiger partial charge < -0.3 is 14.7 Å². The highest BCUT2D eigenvalue weighted by Crippen LogP contribution is 2.36. The second-order valence-corrected chi connectivity index (χ2v) is 6.58. The second kappa shape index (κ2) is 7.18. The number of carboxylic acids is 1. The van der Waals surface area contributed by atoms with Gasteiger partial charge in [-0.2, -0.15) is 8.78 Å². The van der Waals surface area contributed by atoms with E-state index in [4.69, 9.17) is 0 Å². The highest BCUT2D eigenvalue weighted by Gasteiger charge is 2.41. The molecule has 1 saturated heterocycles. The van der Waals surface area contributed by atoms with Gasteiger partial charge in [-0.15, -0.1) is 11.3 Å². The summed E-state index contributed by atoms with van der Waals surface area (Å²) in [6, 6.07) is 10.4. The zero-order chi connectivity index (χ0) is 18.0. The SMILES string of the molecule is O=C(O)[C@@H]1CN(C(=O)c2sccc2OC(F)F)C[C@@H]1c1ccccc1. The first kappa shape index (κ1) is 17.3.